The van der Waals surface area contributed by atoms with Crippen molar-refractivity contribution in [1.29, 1.82) is 0 Å². The molecule has 1 saturated carbocycles. The normalized spacial score (nSPS) is 18.4. The lowest BCUT2D eigenvalue weighted by Gasteiger charge is -2.39. The van der Waals surface area contributed by atoms with Gasteiger partial charge >= 0.3 is 0 Å². The summed E-state index contributed by atoms with van der Waals surface area (Å²) in [4.78, 5) is 16.9. The first-order valence-corrected chi connectivity index (χ1v) is 13.5. The Balaban J connectivity index is 1.35. The quantitative estimate of drug-likeness (QED) is 0.520. The number of hydrogen-bond acceptors (Lipinski definition) is 6. The molecule has 2 N–H and O–H groups in total. The number of nitrogens with zero attached hydrogens (tertiary/aromatic N) is 2. The molecule has 1 amide bonds. The first-order chi connectivity index (χ1) is 16.2. The summed E-state index contributed by atoms with van der Waals surface area (Å²) in [7, 11) is 0.143. The third-order valence-corrected chi connectivity index (χ3v) is 9.60. The van der Waals surface area contributed by atoms with Gasteiger partial charge in [0, 0.05) is 38.9 Å². The number of carbonyl (C=O) groups excluding carboxylic acids is 1. The molecular weight excluding hydrogens is 450 g/mol. The Morgan fingerprint density at radius 1 is 1.12 bits per heavy atom. The highest BCUT2D eigenvalue weighted by atomic mass is 32.2. The fourth-order valence-corrected chi connectivity index (χ4v) is 6.67. The fourth-order valence-electron chi connectivity index (χ4n) is 4.73. The maximum atomic E-state index is 13.5. The molecule has 2 aromatic carbocycles. The van der Waals surface area contributed by atoms with E-state index in [1.54, 1.807) is 12.1 Å². The highest BCUT2D eigenvalue weighted by molar-refractivity contribution is 7.93. The second-order valence-corrected chi connectivity index (χ2v) is 11.9. The SMILES string of the molecule is CN(C)c1cccc(CCCOc2ccc(S(=O)(=O)C3(C(N)=O)CCN(C4CC4)CC3)cc2)c1. The number of rotatable bonds is 10. The lowest BCUT2D eigenvalue weighted by molar-refractivity contribution is -0.121. The molecule has 7 nitrogen and oxygen atoms in total. The monoisotopic (exact) mass is 485 g/mol. The summed E-state index contributed by atoms with van der Waals surface area (Å²) < 4.78 is 31.3. The van der Waals surface area contributed by atoms with Crippen LogP contribution < -0.4 is 15.4 Å². The van der Waals surface area contributed by atoms with Crippen LogP contribution in [0.4, 0.5) is 5.69 Å². The molecule has 0 unspecified atom stereocenters. The van der Waals surface area contributed by atoms with Crippen LogP contribution in [0.15, 0.2) is 53.4 Å². The van der Waals surface area contributed by atoms with Gasteiger partial charge in [0.05, 0.1) is 11.5 Å². The molecule has 4 rings (SSSR count). The summed E-state index contributed by atoms with van der Waals surface area (Å²) in [6.45, 7) is 1.71. The number of likely N-dealkylation sites (tertiary alicyclic amines) is 1. The summed E-state index contributed by atoms with van der Waals surface area (Å²) in [5.41, 5.74) is 8.10. The van der Waals surface area contributed by atoms with Gasteiger partial charge in [0.25, 0.3) is 0 Å². The lowest BCUT2D eigenvalue weighted by Crippen LogP contribution is -2.57. The number of ether oxygens (including phenoxy) is 1. The Kier molecular flexibility index (Phi) is 7.19. The van der Waals surface area contributed by atoms with E-state index in [1.807, 2.05) is 14.1 Å². The zero-order chi connectivity index (χ0) is 24.3. The van der Waals surface area contributed by atoms with Gasteiger partial charge in [-0.05, 0) is 80.5 Å². The average molecular weight is 486 g/mol. The number of anilines is 1. The molecule has 0 bridgehead atoms. The highest BCUT2D eigenvalue weighted by Crippen LogP contribution is 2.39. The fraction of sp³-hybridized carbons (Fsp3) is 0.500. The zero-order valence-electron chi connectivity index (χ0n) is 20.1. The molecule has 34 heavy (non-hydrogen) atoms. The van der Waals surface area contributed by atoms with Crippen molar-refractivity contribution in [1.82, 2.24) is 4.90 Å². The van der Waals surface area contributed by atoms with Crippen molar-refractivity contribution in [2.45, 2.75) is 54.2 Å². The van der Waals surface area contributed by atoms with E-state index in [0.717, 1.165) is 25.7 Å². The van der Waals surface area contributed by atoms with Gasteiger partial charge in [-0.3, -0.25) is 4.79 Å². The minimum Gasteiger partial charge on any atom is -0.494 e. The van der Waals surface area contributed by atoms with Gasteiger partial charge in [0.2, 0.25) is 5.91 Å². The van der Waals surface area contributed by atoms with E-state index in [9.17, 15) is 13.2 Å². The van der Waals surface area contributed by atoms with E-state index in [4.69, 9.17) is 10.5 Å². The second kappa shape index (κ2) is 9.96. The predicted octanol–water partition coefficient (Wildman–Crippen LogP) is 3.02. The van der Waals surface area contributed by atoms with Gasteiger partial charge in [0.15, 0.2) is 14.6 Å². The number of piperidine rings is 1. The lowest BCUT2D eigenvalue weighted by atomic mass is 9.95. The van der Waals surface area contributed by atoms with Crippen molar-refractivity contribution < 1.29 is 17.9 Å². The molecule has 1 aliphatic carbocycles. The number of carbonyl (C=O) groups is 1. The van der Waals surface area contributed by atoms with Gasteiger partial charge < -0.3 is 20.3 Å². The molecule has 184 valence electrons. The minimum absolute atomic E-state index is 0.124. The van der Waals surface area contributed by atoms with E-state index in [-0.39, 0.29) is 17.7 Å². The minimum atomic E-state index is -3.90. The van der Waals surface area contributed by atoms with Gasteiger partial charge in [0.1, 0.15) is 5.75 Å². The van der Waals surface area contributed by atoms with E-state index in [2.05, 4.69) is 34.1 Å². The smallest absolute Gasteiger partial charge is 0.239 e. The summed E-state index contributed by atoms with van der Waals surface area (Å²) in [6.07, 6.45) is 4.54. The molecule has 1 aliphatic heterocycles. The maximum Gasteiger partial charge on any atom is 0.239 e. The van der Waals surface area contributed by atoms with Crippen molar-refractivity contribution in [2.24, 2.45) is 5.73 Å². The van der Waals surface area contributed by atoms with Crippen LogP contribution in [0.1, 0.15) is 37.7 Å². The van der Waals surface area contributed by atoms with Crippen LogP contribution in [-0.4, -0.2) is 63.8 Å². The number of benzene rings is 2. The molecule has 8 heteroatoms. The molecule has 1 heterocycles. The standard InChI is InChI=1S/C26H35N3O4S/c1-28(2)22-7-3-5-20(19-22)6-4-18-33-23-10-12-24(13-11-23)34(31,32)26(25(27)30)14-16-29(17-15-26)21-8-9-21/h3,5,7,10-13,19,21H,4,6,8-9,14-18H2,1-2H3,(H2,27,30). The topological polar surface area (TPSA) is 92.9 Å². The molecule has 2 aromatic rings. The number of primary amides is 1. The first kappa shape index (κ1) is 24.5. The van der Waals surface area contributed by atoms with Crippen molar-refractivity contribution in [3.63, 3.8) is 0 Å². The first-order valence-electron chi connectivity index (χ1n) is 12.0. The van der Waals surface area contributed by atoms with Crippen molar-refractivity contribution >= 4 is 21.4 Å². The van der Waals surface area contributed by atoms with Crippen molar-refractivity contribution in [2.75, 3.05) is 38.7 Å². The molecule has 0 spiro atoms. The molecule has 0 radical (unpaired) electrons. The average Bonchev–Trinajstić information content (AvgIpc) is 3.68. The molecule has 0 atom stereocenters. The Morgan fingerprint density at radius 2 is 1.79 bits per heavy atom. The van der Waals surface area contributed by atoms with Gasteiger partial charge in [-0.1, -0.05) is 12.1 Å². The highest BCUT2D eigenvalue weighted by Gasteiger charge is 2.52. The van der Waals surface area contributed by atoms with Crippen LogP contribution >= 0.6 is 0 Å². The molecule has 2 aliphatic rings. The zero-order valence-corrected chi connectivity index (χ0v) is 20.9. The molecule has 2 fully saturated rings. The third kappa shape index (κ3) is 5.08. The van der Waals surface area contributed by atoms with Crippen LogP contribution in [0, 0.1) is 0 Å². The van der Waals surface area contributed by atoms with Crippen LogP contribution in [0.2, 0.25) is 0 Å². The predicted molar refractivity (Wildman–Crippen MR) is 134 cm³/mol. The maximum absolute atomic E-state index is 13.5. The van der Waals surface area contributed by atoms with Crippen LogP contribution in [0.25, 0.3) is 0 Å². The van der Waals surface area contributed by atoms with Crippen molar-refractivity contribution in [3.05, 3.63) is 54.1 Å². The Bertz CT molecular complexity index is 1100. The third-order valence-electron chi connectivity index (χ3n) is 7.07. The van der Waals surface area contributed by atoms with E-state index >= 15 is 0 Å². The Labute approximate surface area is 202 Å². The van der Waals surface area contributed by atoms with Crippen molar-refractivity contribution in [3.8, 4) is 5.75 Å². The number of nitrogens with two attached hydrogens (primary N) is 1. The number of hydrogen-bond donors (Lipinski definition) is 1. The van der Waals surface area contributed by atoms with Gasteiger partial charge in [-0.15, -0.1) is 0 Å². The molecule has 0 aromatic heterocycles. The van der Waals surface area contributed by atoms with Gasteiger partial charge in [-0.25, -0.2) is 8.42 Å². The number of sulfone groups is 1. The van der Waals surface area contributed by atoms with E-state index in [1.165, 1.54) is 23.4 Å². The molecule has 1 saturated heterocycles. The van der Waals surface area contributed by atoms with Gasteiger partial charge in [-0.2, -0.15) is 0 Å². The van der Waals surface area contributed by atoms with Crippen LogP contribution in [0.3, 0.4) is 0 Å². The Hall–Kier alpha value is -2.58. The van der Waals surface area contributed by atoms with E-state index < -0.39 is 20.5 Å². The van der Waals surface area contributed by atoms with Crippen LogP contribution in [0.5, 0.6) is 5.75 Å². The largest absolute Gasteiger partial charge is 0.494 e. The Morgan fingerprint density at radius 3 is 2.38 bits per heavy atom. The molecular formula is C26H35N3O4S. The van der Waals surface area contributed by atoms with E-state index in [0.29, 0.717) is 31.5 Å². The second-order valence-electron chi connectivity index (χ2n) is 9.62. The summed E-state index contributed by atoms with van der Waals surface area (Å²) in [5, 5.41) is 0. The number of amides is 1. The summed E-state index contributed by atoms with van der Waals surface area (Å²) in [5.74, 6) is -0.140. The van der Waals surface area contributed by atoms with Crippen LogP contribution in [-0.2, 0) is 21.1 Å². The number of aryl methyl sites for hydroxylation is 1. The summed E-state index contributed by atoms with van der Waals surface area (Å²) >= 11 is 0. The summed E-state index contributed by atoms with van der Waals surface area (Å²) in [6, 6.07) is 15.3.